The number of amides is 1. The zero-order chi connectivity index (χ0) is 14.1. The van der Waals surface area contributed by atoms with Gasteiger partial charge in [0.25, 0.3) is 0 Å². The van der Waals surface area contributed by atoms with Crippen molar-refractivity contribution in [2.75, 3.05) is 0 Å². The second-order valence-electron chi connectivity index (χ2n) is 5.37. The van der Waals surface area contributed by atoms with Crippen molar-refractivity contribution in [2.24, 2.45) is 5.92 Å². The summed E-state index contributed by atoms with van der Waals surface area (Å²) in [5, 5.41) is 11.6. The summed E-state index contributed by atoms with van der Waals surface area (Å²) in [6.07, 6.45) is 10.3. The molecule has 19 heavy (non-hydrogen) atoms. The molecule has 1 aliphatic carbocycles. The van der Waals surface area contributed by atoms with Gasteiger partial charge in [-0.05, 0) is 31.6 Å². The summed E-state index contributed by atoms with van der Waals surface area (Å²) in [4.78, 5) is 22.7. The van der Waals surface area contributed by atoms with E-state index in [4.69, 9.17) is 5.11 Å². The maximum absolute atomic E-state index is 11.7. The van der Waals surface area contributed by atoms with E-state index >= 15 is 0 Å². The molecule has 0 heterocycles. The third-order valence-corrected chi connectivity index (χ3v) is 3.78. The van der Waals surface area contributed by atoms with Crippen LogP contribution < -0.4 is 5.32 Å². The Kier molecular flexibility index (Phi) is 7.23. The first-order valence-corrected chi connectivity index (χ1v) is 7.26. The highest BCUT2D eigenvalue weighted by Crippen LogP contribution is 2.28. The quantitative estimate of drug-likeness (QED) is 0.631. The molecule has 2 N–H and O–H groups in total. The normalized spacial score (nSPS) is 17.1. The minimum Gasteiger partial charge on any atom is -0.480 e. The summed E-state index contributed by atoms with van der Waals surface area (Å²) in [6.45, 7) is 3.56. The molecule has 4 heteroatoms. The zero-order valence-electron chi connectivity index (χ0n) is 11.6. The first-order chi connectivity index (χ1) is 9.13. The predicted molar refractivity (Wildman–Crippen MR) is 74.8 cm³/mol. The van der Waals surface area contributed by atoms with Crippen LogP contribution in [-0.2, 0) is 9.59 Å². The van der Waals surface area contributed by atoms with Gasteiger partial charge >= 0.3 is 5.97 Å². The van der Waals surface area contributed by atoms with Crippen LogP contribution in [-0.4, -0.2) is 23.0 Å². The van der Waals surface area contributed by atoms with Gasteiger partial charge in [0.05, 0.1) is 0 Å². The van der Waals surface area contributed by atoms with Crippen molar-refractivity contribution in [2.45, 2.75) is 63.8 Å². The Morgan fingerprint density at radius 2 is 2.05 bits per heavy atom. The summed E-state index contributed by atoms with van der Waals surface area (Å²) >= 11 is 0. The van der Waals surface area contributed by atoms with E-state index in [0.29, 0.717) is 19.3 Å². The van der Waals surface area contributed by atoms with E-state index in [1.54, 1.807) is 6.08 Å². The average Bonchev–Trinajstić information content (AvgIpc) is 2.87. The Balaban J connectivity index is 2.19. The molecule has 0 radical (unpaired) electrons. The molecule has 0 bridgehead atoms. The molecule has 0 saturated heterocycles. The second kappa shape index (κ2) is 8.73. The van der Waals surface area contributed by atoms with Gasteiger partial charge in [-0.2, -0.15) is 0 Å². The number of carbonyl (C=O) groups excluding carboxylic acids is 1. The molecule has 1 aliphatic rings. The van der Waals surface area contributed by atoms with E-state index in [9.17, 15) is 9.59 Å². The molecule has 1 saturated carbocycles. The van der Waals surface area contributed by atoms with Crippen molar-refractivity contribution in [3.63, 3.8) is 0 Å². The van der Waals surface area contributed by atoms with Crippen molar-refractivity contribution >= 4 is 11.9 Å². The molecule has 1 amide bonds. The van der Waals surface area contributed by atoms with Crippen LogP contribution in [0.4, 0.5) is 0 Å². The topological polar surface area (TPSA) is 66.4 Å². The molecule has 0 spiro atoms. The first-order valence-electron chi connectivity index (χ1n) is 7.26. The van der Waals surface area contributed by atoms with Crippen LogP contribution in [0.2, 0.25) is 0 Å². The highest BCUT2D eigenvalue weighted by Gasteiger charge is 2.19. The molecule has 1 atom stereocenters. The van der Waals surface area contributed by atoms with Gasteiger partial charge in [0.2, 0.25) is 5.91 Å². The van der Waals surface area contributed by atoms with Crippen molar-refractivity contribution in [3.8, 4) is 0 Å². The van der Waals surface area contributed by atoms with Crippen molar-refractivity contribution < 1.29 is 14.7 Å². The fraction of sp³-hybridized carbons (Fsp3) is 0.733. The smallest absolute Gasteiger partial charge is 0.326 e. The fourth-order valence-corrected chi connectivity index (χ4v) is 2.66. The molecule has 4 nitrogen and oxygen atoms in total. The van der Waals surface area contributed by atoms with Gasteiger partial charge < -0.3 is 10.4 Å². The minimum atomic E-state index is -0.967. The van der Waals surface area contributed by atoms with E-state index in [1.165, 1.54) is 25.7 Å². The van der Waals surface area contributed by atoms with Gasteiger partial charge in [-0.1, -0.05) is 31.8 Å². The average molecular weight is 267 g/mol. The largest absolute Gasteiger partial charge is 0.480 e. The summed E-state index contributed by atoms with van der Waals surface area (Å²) in [7, 11) is 0. The predicted octanol–water partition coefficient (Wildman–Crippen LogP) is 2.88. The number of carboxylic acid groups (broad SMARTS) is 1. The zero-order valence-corrected chi connectivity index (χ0v) is 11.6. The lowest BCUT2D eigenvalue weighted by Crippen LogP contribution is -2.40. The Morgan fingerprint density at radius 3 is 2.63 bits per heavy atom. The monoisotopic (exact) mass is 267 g/mol. The second-order valence-corrected chi connectivity index (χ2v) is 5.37. The Morgan fingerprint density at radius 1 is 1.37 bits per heavy atom. The van der Waals surface area contributed by atoms with Crippen molar-refractivity contribution in [3.05, 3.63) is 12.7 Å². The molecule has 0 aromatic heterocycles. The fourth-order valence-electron chi connectivity index (χ4n) is 2.66. The molecular weight excluding hydrogens is 242 g/mol. The number of nitrogens with one attached hydrogen (secondary N) is 1. The number of hydrogen-bond donors (Lipinski definition) is 2. The van der Waals surface area contributed by atoms with Gasteiger partial charge in [-0.25, -0.2) is 4.79 Å². The maximum atomic E-state index is 11.7. The van der Waals surface area contributed by atoms with E-state index < -0.39 is 12.0 Å². The van der Waals surface area contributed by atoms with Crippen LogP contribution in [0.15, 0.2) is 12.7 Å². The summed E-state index contributed by atoms with van der Waals surface area (Å²) in [5.41, 5.74) is 0. The van der Waals surface area contributed by atoms with Crippen LogP contribution >= 0.6 is 0 Å². The third-order valence-electron chi connectivity index (χ3n) is 3.78. The highest BCUT2D eigenvalue weighted by atomic mass is 16.4. The highest BCUT2D eigenvalue weighted by molar-refractivity contribution is 5.83. The van der Waals surface area contributed by atoms with Gasteiger partial charge in [0.15, 0.2) is 0 Å². The van der Waals surface area contributed by atoms with E-state index in [0.717, 1.165) is 18.8 Å². The van der Waals surface area contributed by atoms with Gasteiger partial charge in [0.1, 0.15) is 6.04 Å². The molecule has 0 aromatic rings. The SMILES string of the molecule is C=CCCC(NC(=O)CCCC1CCCC1)C(=O)O. The molecule has 1 unspecified atom stereocenters. The number of allylic oxidation sites excluding steroid dienone is 1. The number of hydrogen-bond acceptors (Lipinski definition) is 2. The summed E-state index contributed by atoms with van der Waals surface area (Å²) in [6, 6.07) is -0.781. The van der Waals surface area contributed by atoms with Crippen LogP contribution in [0, 0.1) is 5.92 Å². The van der Waals surface area contributed by atoms with Crippen LogP contribution in [0.1, 0.15) is 57.8 Å². The van der Waals surface area contributed by atoms with Crippen molar-refractivity contribution in [1.29, 1.82) is 0 Å². The number of rotatable bonds is 9. The van der Waals surface area contributed by atoms with Crippen LogP contribution in [0.5, 0.6) is 0 Å². The number of aliphatic carboxylic acids is 1. The third kappa shape index (κ3) is 6.41. The lowest BCUT2D eigenvalue weighted by Gasteiger charge is -2.14. The van der Waals surface area contributed by atoms with Crippen molar-refractivity contribution in [1.82, 2.24) is 5.32 Å². The van der Waals surface area contributed by atoms with Gasteiger partial charge in [-0.15, -0.1) is 6.58 Å². The molecular formula is C15H25NO3. The first kappa shape index (κ1) is 15.7. The standard InChI is InChI=1S/C15H25NO3/c1-2-3-10-13(15(18)19)16-14(17)11-6-9-12-7-4-5-8-12/h2,12-13H,1,3-11H2,(H,16,17)(H,18,19). The Bertz CT molecular complexity index is 309. The van der Waals surface area contributed by atoms with Gasteiger partial charge in [0, 0.05) is 6.42 Å². The summed E-state index contributed by atoms with van der Waals surface area (Å²) in [5.74, 6) is -0.329. The lowest BCUT2D eigenvalue weighted by atomic mass is 10.0. The lowest BCUT2D eigenvalue weighted by molar-refractivity contribution is -0.142. The Hall–Kier alpha value is -1.32. The molecule has 0 aliphatic heterocycles. The molecule has 1 fully saturated rings. The van der Waals surface area contributed by atoms with E-state index in [1.807, 2.05) is 0 Å². The molecule has 1 rings (SSSR count). The minimum absolute atomic E-state index is 0.144. The maximum Gasteiger partial charge on any atom is 0.326 e. The van der Waals surface area contributed by atoms with Crippen LogP contribution in [0.3, 0.4) is 0 Å². The van der Waals surface area contributed by atoms with Gasteiger partial charge in [-0.3, -0.25) is 4.79 Å². The Labute approximate surface area is 115 Å². The number of carboxylic acids is 1. The van der Waals surface area contributed by atoms with E-state index in [2.05, 4.69) is 11.9 Å². The van der Waals surface area contributed by atoms with Crippen LogP contribution in [0.25, 0.3) is 0 Å². The number of carbonyl (C=O) groups is 2. The molecule has 0 aromatic carbocycles. The molecule has 108 valence electrons. The van der Waals surface area contributed by atoms with E-state index in [-0.39, 0.29) is 5.91 Å². The summed E-state index contributed by atoms with van der Waals surface area (Å²) < 4.78 is 0.